The summed E-state index contributed by atoms with van der Waals surface area (Å²) >= 11 is 0. The van der Waals surface area contributed by atoms with Crippen LogP contribution in [0.15, 0.2) is 47.1 Å². The molecular formula is C31H41N5O3. The van der Waals surface area contributed by atoms with Crippen molar-refractivity contribution in [2.45, 2.75) is 53.1 Å². The van der Waals surface area contributed by atoms with E-state index in [1.54, 1.807) is 0 Å². The van der Waals surface area contributed by atoms with Crippen molar-refractivity contribution in [2.75, 3.05) is 45.3 Å². The molecule has 1 aromatic carbocycles. The van der Waals surface area contributed by atoms with Gasteiger partial charge in [0.25, 0.3) is 11.8 Å². The highest BCUT2D eigenvalue weighted by atomic mass is 16.5. The van der Waals surface area contributed by atoms with E-state index < -0.39 is 5.92 Å². The molecule has 8 nitrogen and oxygen atoms in total. The highest BCUT2D eigenvalue weighted by Gasteiger charge is 2.27. The number of dihydropyridines is 1. The predicted molar refractivity (Wildman–Crippen MR) is 156 cm³/mol. The van der Waals surface area contributed by atoms with Gasteiger partial charge in [0.05, 0.1) is 11.6 Å². The number of benzene rings is 1. The largest absolute Gasteiger partial charge is 0.381 e. The average molecular weight is 532 g/mol. The minimum atomic E-state index is -0.441. The van der Waals surface area contributed by atoms with Gasteiger partial charge >= 0.3 is 0 Å². The molecule has 1 N–H and O–H groups in total. The Morgan fingerprint density at radius 1 is 1.10 bits per heavy atom. The third-order valence-corrected chi connectivity index (χ3v) is 7.58. The van der Waals surface area contributed by atoms with Crippen LogP contribution in [0.2, 0.25) is 0 Å². The summed E-state index contributed by atoms with van der Waals surface area (Å²) in [5.74, 6) is -0.842. The number of carbonyl (C=O) groups is 2. The van der Waals surface area contributed by atoms with Crippen LogP contribution in [-0.2, 0) is 16.1 Å². The second-order valence-corrected chi connectivity index (χ2v) is 10.8. The predicted octanol–water partition coefficient (Wildman–Crippen LogP) is 4.42. The second-order valence-electron chi connectivity index (χ2n) is 10.8. The lowest BCUT2D eigenvalue weighted by atomic mass is 9.94. The van der Waals surface area contributed by atoms with Gasteiger partial charge in [0.2, 0.25) is 0 Å². The van der Waals surface area contributed by atoms with Gasteiger partial charge in [-0.15, -0.1) is 0 Å². The molecule has 1 saturated heterocycles. The summed E-state index contributed by atoms with van der Waals surface area (Å²) in [6, 6.07) is 8.59. The van der Waals surface area contributed by atoms with Crippen molar-refractivity contribution >= 4 is 23.2 Å². The molecule has 1 unspecified atom stereocenters. The monoisotopic (exact) mass is 531 g/mol. The lowest BCUT2D eigenvalue weighted by Gasteiger charge is -2.37. The number of hydrogen-bond donors (Lipinski definition) is 1. The molecule has 8 heteroatoms. The standard InChI is InChI=1S/C31H41N5O3/c1-7-36(26-10-12-39-13-11-26)29-16-24(23-8-9-25(32-17-23)19-35(5)6)15-27(22(29)4)30(37)33-18-28-20(2)14-21(3)34-31(28)38/h8-9,14-17,26,28H,7,10-13,18-19H2,1-6H3,(H,33,37). The quantitative estimate of drug-likeness (QED) is 0.516. The first-order valence-electron chi connectivity index (χ1n) is 13.8. The zero-order chi connectivity index (χ0) is 28.1. The van der Waals surface area contributed by atoms with Crippen LogP contribution in [0.4, 0.5) is 5.69 Å². The molecule has 2 amide bonds. The number of allylic oxidation sites excluding steroid dienone is 1. The van der Waals surface area contributed by atoms with Gasteiger partial charge < -0.3 is 19.9 Å². The van der Waals surface area contributed by atoms with E-state index in [1.165, 1.54) is 0 Å². The first kappa shape index (κ1) is 28.6. The maximum Gasteiger partial charge on any atom is 0.254 e. The Balaban J connectivity index is 1.68. The average Bonchev–Trinajstić information content (AvgIpc) is 2.90. The van der Waals surface area contributed by atoms with Crippen molar-refractivity contribution in [3.63, 3.8) is 0 Å². The van der Waals surface area contributed by atoms with E-state index in [-0.39, 0.29) is 18.4 Å². The van der Waals surface area contributed by atoms with E-state index >= 15 is 0 Å². The van der Waals surface area contributed by atoms with E-state index in [4.69, 9.17) is 4.74 Å². The zero-order valence-corrected chi connectivity index (χ0v) is 24.1. The molecule has 1 aromatic heterocycles. The van der Waals surface area contributed by atoms with Crippen LogP contribution in [0.3, 0.4) is 0 Å². The highest BCUT2D eigenvalue weighted by molar-refractivity contribution is 6.06. The molecule has 0 radical (unpaired) electrons. The van der Waals surface area contributed by atoms with Crippen LogP contribution >= 0.6 is 0 Å². The molecule has 1 fully saturated rings. The number of rotatable bonds is 9. The Morgan fingerprint density at radius 3 is 2.46 bits per heavy atom. The number of anilines is 1. The Hall–Kier alpha value is -3.36. The molecule has 0 spiro atoms. The van der Waals surface area contributed by atoms with Crippen molar-refractivity contribution in [1.82, 2.24) is 15.2 Å². The molecule has 0 bridgehead atoms. The minimum Gasteiger partial charge on any atom is -0.381 e. The topological polar surface area (TPSA) is 87.1 Å². The molecule has 0 saturated carbocycles. The smallest absolute Gasteiger partial charge is 0.254 e. The fraction of sp³-hybridized carbons (Fsp3) is 0.484. The van der Waals surface area contributed by atoms with Crippen molar-refractivity contribution in [3.8, 4) is 11.1 Å². The Bertz CT molecular complexity index is 1260. The van der Waals surface area contributed by atoms with Gasteiger partial charge in [-0.2, -0.15) is 0 Å². The number of hydrogen-bond acceptors (Lipinski definition) is 6. The Morgan fingerprint density at radius 2 is 1.85 bits per heavy atom. The van der Waals surface area contributed by atoms with Gasteiger partial charge in [-0.25, -0.2) is 4.99 Å². The van der Waals surface area contributed by atoms with Crippen LogP contribution in [0.25, 0.3) is 11.1 Å². The third kappa shape index (κ3) is 6.81. The first-order chi connectivity index (χ1) is 18.7. The fourth-order valence-electron chi connectivity index (χ4n) is 5.48. The minimum absolute atomic E-state index is 0.192. The Labute approximate surface area is 232 Å². The molecular weight excluding hydrogens is 490 g/mol. The van der Waals surface area contributed by atoms with Crippen molar-refractivity contribution in [1.29, 1.82) is 0 Å². The summed E-state index contributed by atoms with van der Waals surface area (Å²) in [5, 5.41) is 3.03. The molecule has 2 aliphatic heterocycles. The van der Waals surface area contributed by atoms with Crippen LogP contribution < -0.4 is 10.2 Å². The van der Waals surface area contributed by atoms with Gasteiger partial charge in [-0.3, -0.25) is 14.6 Å². The molecule has 208 valence electrons. The van der Waals surface area contributed by atoms with Crippen molar-refractivity contribution in [2.24, 2.45) is 10.9 Å². The number of pyridine rings is 1. The van der Waals surface area contributed by atoms with Gasteiger partial charge in [-0.1, -0.05) is 11.6 Å². The number of nitrogens with one attached hydrogen (secondary N) is 1. The lowest BCUT2D eigenvalue weighted by molar-refractivity contribution is -0.120. The van der Waals surface area contributed by atoms with Gasteiger partial charge in [0, 0.05) is 67.6 Å². The summed E-state index contributed by atoms with van der Waals surface area (Å²) in [5.41, 5.74) is 7.10. The maximum absolute atomic E-state index is 13.6. The summed E-state index contributed by atoms with van der Waals surface area (Å²) in [4.78, 5) is 39.4. The molecule has 2 aliphatic rings. The van der Waals surface area contributed by atoms with Gasteiger partial charge in [0.1, 0.15) is 0 Å². The molecule has 1 atom stereocenters. The molecule has 0 aliphatic carbocycles. The van der Waals surface area contributed by atoms with Crippen LogP contribution in [-0.4, -0.2) is 73.9 Å². The third-order valence-electron chi connectivity index (χ3n) is 7.58. The SMILES string of the molecule is CCN(c1cc(-c2ccc(CN(C)C)nc2)cc(C(=O)NCC2C(=O)N=C(C)C=C2C)c1C)C1CCOCC1. The lowest BCUT2D eigenvalue weighted by Crippen LogP contribution is -2.40. The number of ether oxygens (including phenoxy) is 1. The summed E-state index contributed by atoms with van der Waals surface area (Å²) in [6.45, 7) is 11.2. The number of aromatic nitrogens is 1. The van der Waals surface area contributed by atoms with Gasteiger partial charge in [0.15, 0.2) is 0 Å². The maximum atomic E-state index is 13.6. The highest BCUT2D eigenvalue weighted by Crippen LogP contribution is 2.34. The van der Waals surface area contributed by atoms with E-state index in [1.807, 2.05) is 59.3 Å². The Kier molecular flexibility index (Phi) is 9.30. The number of amides is 2. The first-order valence-corrected chi connectivity index (χ1v) is 13.8. The number of carbonyl (C=O) groups excluding carboxylic acids is 2. The van der Waals surface area contributed by atoms with E-state index in [0.29, 0.717) is 17.3 Å². The second kappa shape index (κ2) is 12.7. The van der Waals surface area contributed by atoms with Crippen LogP contribution in [0, 0.1) is 12.8 Å². The normalized spacial score (nSPS) is 18.1. The summed E-state index contributed by atoms with van der Waals surface area (Å²) in [7, 11) is 4.04. The zero-order valence-electron chi connectivity index (χ0n) is 24.1. The van der Waals surface area contributed by atoms with Gasteiger partial charge in [-0.05, 0) is 90.0 Å². The van der Waals surface area contributed by atoms with Crippen LogP contribution in [0.5, 0.6) is 0 Å². The summed E-state index contributed by atoms with van der Waals surface area (Å²) in [6.07, 6.45) is 5.70. The van der Waals surface area contributed by atoms with E-state index in [0.717, 1.165) is 72.8 Å². The molecule has 39 heavy (non-hydrogen) atoms. The molecule has 3 heterocycles. The number of nitrogens with zero attached hydrogens (tertiary/aromatic N) is 4. The van der Waals surface area contributed by atoms with Crippen molar-refractivity contribution < 1.29 is 14.3 Å². The summed E-state index contributed by atoms with van der Waals surface area (Å²) < 4.78 is 5.62. The fourth-order valence-corrected chi connectivity index (χ4v) is 5.48. The van der Waals surface area contributed by atoms with E-state index in [2.05, 4.69) is 44.1 Å². The molecule has 4 rings (SSSR count). The number of aliphatic imine (C=N–C) groups is 1. The van der Waals surface area contributed by atoms with Crippen LogP contribution in [0.1, 0.15) is 55.2 Å². The van der Waals surface area contributed by atoms with Crippen molar-refractivity contribution in [3.05, 3.63) is 58.9 Å². The molecule has 2 aromatic rings. The van der Waals surface area contributed by atoms with E-state index in [9.17, 15) is 9.59 Å².